The zero-order chi connectivity index (χ0) is 24.5. The third-order valence-electron chi connectivity index (χ3n) is 6.49. The summed E-state index contributed by atoms with van der Waals surface area (Å²) in [4.78, 5) is 19.6. The van der Waals surface area contributed by atoms with Crippen molar-refractivity contribution in [3.05, 3.63) is 65.1 Å². The van der Waals surface area contributed by atoms with Crippen molar-refractivity contribution in [3.8, 4) is 5.88 Å². The van der Waals surface area contributed by atoms with Crippen LogP contribution in [0.15, 0.2) is 41.7 Å². The average molecular weight is 494 g/mol. The minimum atomic E-state index is -0.572. The molecule has 5 heterocycles. The molecule has 2 aromatic heterocycles. The zero-order valence-electron chi connectivity index (χ0n) is 19.5. The molecule has 6 rings (SSSR count). The number of benzene rings is 1. The van der Waals surface area contributed by atoms with Crippen LogP contribution in [0.3, 0.4) is 0 Å². The van der Waals surface area contributed by atoms with Gasteiger partial charge in [-0.3, -0.25) is 9.89 Å². The Morgan fingerprint density at radius 2 is 1.89 bits per heavy atom. The molecule has 0 radical (unpaired) electrons. The van der Waals surface area contributed by atoms with Crippen LogP contribution < -0.4 is 15.4 Å². The molecule has 186 valence electrons. The molecule has 0 aliphatic carbocycles. The van der Waals surface area contributed by atoms with Crippen LogP contribution >= 0.6 is 0 Å². The number of aliphatic imine (C=N–C) groups is 1. The van der Waals surface area contributed by atoms with Gasteiger partial charge < -0.3 is 20.1 Å². The number of hydrogen-bond donors (Lipinski definition) is 2. The number of rotatable bonds is 7. The molecular formula is C25H25F2N7O2. The van der Waals surface area contributed by atoms with E-state index in [0.717, 1.165) is 13.1 Å². The lowest BCUT2D eigenvalue weighted by Gasteiger charge is -2.27. The van der Waals surface area contributed by atoms with Crippen molar-refractivity contribution in [2.45, 2.75) is 18.6 Å². The highest BCUT2D eigenvalue weighted by atomic mass is 19.1. The maximum atomic E-state index is 15.0. The highest BCUT2D eigenvalue weighted by Crippen LogP contribution is 2.36. The summed E-state index contributed by atoms with van der Waals surface area (Å²) in [6.07, 6.45) is 5.03. The molecule has 2 N–H and O–H groups in total. The van der Waals surface area contributed by atoms with Crippen LogP contribution in [0, 0.1) is 11.6 Å². The molecule has 1 unspecified atom stereocenters. The molecule has 3 aliphatic heterocycles. The summed E-state index contributed by atoms with van der Waals surface area (Å²) in [5.74, 6) is -0.729. The van der Waals surface area contributed by atoms with E-state index in [-0.39, 0.29) is 18.2 Å². The number of ether oxygens (including phenoxy) is 2. The van der Waals surface area contributed by atoms with Crippen molar-refractivity contribution in [3.63, 3.8) is 0 Å². The molecule has 3 aliphatic rings. The van der Waals surface area contributed by atoms with Crippen LogP contribution in [-0.4, -0.2) is 71.6 Å². The van der Waals surface area contributed by atoms with Gasteiger partial charge in [0.15, 0.2) is 0 Å². The third-order valence-corrected chi connectivity index (χ3v) is 6.49. The van der Waals surface area contributed by atoms with E-state index in [0.29, 0.717) is 60.8 Å². The van der Waals surface area contributed by atoms with E-state index in [9.17, 15) is 8.78 Å². The van der Waals surface area contributed by atoms with E-state index in [1.165, 1.54) is 12.1 Å². The quantitative estimate of drug-likeness (QED) is 0.519. The molecule has 0 bridgehead atoms. The van der Waals surface area contributed by atoms with Crippen LogP contribution in [0.25, 0.3) is 0 Å². The number of fused-ring (bicyclic) bond motifs is 1. The molecule has 0 spiro atoms. The first-order valence-electron chi connectivity index (χ1n) is 11.9. The summed E-state index contributed by atoms with van der Waals surface area (Å²) in [7, 11) is 0. The number of pyridine rings is 1. The van der Waals surface area contributed by atoms with Gasteiger partial charge in [-0.1, -0.05) is 0 Å². The van der Waals surface area contributed by atoms with Gasteiger partial charge in [-0.2, -0.15) is 0 Å². The molecule has 2 fully saturated rings. The Labute approximate surface area is 206 Å². The Hall–Kier alpha value is -3.54. The van der Waals surface area contributed by atoms with Crippen LogP contribution in [-0.2, 0) is 11.3 Å². The fourth-order valence-corrected chi connectivity index (χ4v) is 4.35. The van der Waals surface area contributed by atoms with Gasteiger partial charge in [-0.25, -0.2) is 23.7 Å². The van der Waals surface area contributed by atoms with Gasteiger partial charge >= 0.3 is 0 Å². The smallest absolute Gasteiger partial charge is 0.227 e. The lowest BCUT2D eigenvalue weighted by Crippen LogP contribution is -2.50. The van der Waals surface area contributed by atoms with Crippen molar-refractivity contribution < 1.29 is 18.3 Å². The largest absolute Gasteiger partial charge is 0.472 e. The first kappa shape index (κ1) is 22.9. The number of nitrogens with one attached hydrogen (secondary N) is 2. The molecule has 0 saturated carbocycles. The van der Waals surface area contributed by atoms with Gasteiger partial charge in [0.2, 0.25) is 11.8 Å². The van der Waals surface area contributed by atoms with E-state index in [1.807, 2.05) is 11.0 Å². The minimum Gasteiger partial charge on any atom is -0.472 e. The first-order valence-corrected chi connectivity index (χ1v) is 11.9. The molecule has 9 nitrogen and oxygen atoms in total. The Bertz CT molecular complexity index is 1250. The van der Waals surface area contributed by atoms with Gasteiger partial charge in [-0.15, -0.1) is 0 Å². The number of aromatic nitrogens is 3. The second-order valence-corrected chi connectivity index (χ2v) is 8.98. The fourth-order valence-electron chi connectivity index (χ4n) is 4.35. The molecule has 0 amide bonds. The third kappa shape index (κ3) is 4.77. The fraction of sp³-hybridized carbons (Fsp3) is 0.360. The Balaban J connectivity index is 1.18. The normalized spacial score (nSPS) is 19.7. The summed E-state index contributed by atoms with van der Waals surface area (Å²) in [6, 6.07) is 6.36. The lowest BCUT2D eigenvalue weighted by atomic mass is 9.95. The second kappa shape index (κ2) is 9.84. The van der Waals surface area contributed by atoms with Gasteiger partial charge in [0.05, 0.1) is 42.9 Å². The van der Waals surface area contributed by atoms with Crippen LogP contribution in [0.5, 0.6) is 5.88 Å². The molecule has 1 atom stereocenters. The predicted molar refractivity (Wildman–Crippen MR) is 129 cm³/mol. The van der Waals surface area contributed by atoms with Crippen molar-refractivity contribution >= 4 is 23.5 Å². The highest BCUT2D eigenvalue weighted by Gasteiger charge is 2.26. The summed E-state index contributed by atoms with van der Waals surface area (Å²) in [5, 5.41) is 6.27. The Morgan fingerprint density at radius 1 is 1.08 bits per heavy atom. The summed E-state index contributed by atoms with van der Waals surface area (Å²) < 4.78 is 41.0. The summed E-state index contributed by atoms with van der Waals surface area (Å²) in [5.41, 5.74) is 2.36. The van der Waals surface area contributed by atoms with E-state index < -0.39 is 17.6 Å². The monoisotopic (exact) mass is 493 g/mol. The highest BCUT2D eigenvalue weighted by molar-refractivity contribution is 5.83. The average Bonchev–Trinajstić information content (AvgIpc) is 3.28. The maximum Gasteiger partial charge on any atom is 0.227 e. The van der Waals surface area contributed by atoms with E-state index in [1.54, 1.807) is 24.7 Å². The number of nitrogens with zero attached hydrogens (tertiary/aromatic N) is 5. The van der Waals surface area contributed by atoms with Gasteiger partial charge in [-0.05, 0) is 23.8 Å². The summed E-state index contributed by atoms with van der Waals surface area (Å²) >= 11 is 0. The number of halogens is 2. The zero-order valence-corrected chi connectivity index (χ0v) is 19.5. The van der Waals surface area contributed by atoms with Crippen molar-refractivity contribution in [1.82, 2.24) is 25.2 Å². The maximum absolute atomic E-state index is 15.0. The molecule has 1 aromatic carbocycles. The minimum absolute atomic E-state index is 0.0642. The van der Waals surface area contributed by atoms with Crippen molar-refractivity contribution in [2.75, 3.05) is 44.7 Å². The van der Waals surface area contributed by atoms with Gasteiger partial charge in [0.25, 0.3) is 0 Å². The topological polar surface area (TPSA) is 96.8 Å². The van der Waals surface area contributed by atoms with E-state index in [2.05, 4.69) is 30.6 Å². The Morgan fingerprint density at radius 3 is 2.58 bits per heavy atom. The standard InChI is InChI=1S/C25H25F2N7O2/c26-20-7-15(8-21(27)19(20)14-34-3-5-35-6-4-34)18-12-29-22-13-31-25(33-24(18)22)32-16-1-2-23(30-9-16)36-17-10-28-11-17/h1-2,7-9,12-13,17-18,28H,3-6,10-11,14H2,(H,31,32,33). The Kier molecular flexibility index (Phi) is 6.26. The number of anilines is 2. The molecule has 11 heteroatoms. The SMILES string of the molecule is Fc1cc(C2C=Nc3cnc(Nc4ccc(OC5CNC5)nc4)nc32)cc(F)c1CN1CCOCC1. The number of morpholine rings is 1. The lowest BCUT2D eigenvalue weighted by molar-refractivity contribution is 0.0332. The van der Waals surface area contributed by atoms with Crippen molar-refractivity contribution in [1.29, 1.82) is 0 Å². The van der Waals surface area contributed by atoms with Crippen LogP contribution in [0.4, 0.5) is 26.1 Å². The molecule has 36 heavy (non-hydrogen) atoms. The van der Waals surface area contributed by atoms with Gasteiger partial charge in [0, 0.05) is 50.6 Å². The van der Waals surface area contributed by atoms with Gasteiger partial charge in [0.1, 0.15) is 23.4 Å². The van der Waals surface area contributed by atoms with Crippen LogP contribution in [0.1, 0.15) is 22.7 Å². The van der Waals surface area contributed by atoms with E-state index >= 15 is 0 Å². The molecule has 3 aromatic rings. The number of hydrogen-bond acceptors (Lipinski definition) is 9. The van der Waals surface area contributed by atoms with Crippen molar-refractivity contribution in [2.24, 2.45) is 4.99 Å². The summed E-state index contributed by atoms with van der Waals surface area (Å²) in [6.45, 7) is 4.29. The first-order chi connectivity index (χ1) is 17.6. The van der Waals surface area contributed by atoms with E-state index in [4.69, 9.17) is 9.47 Å². The molecule has 2 saturated heterocycles. The second-order valence-electron chi connectivity index (χ2n) is 8.98. The molecular weight excluding hydrogens is 468 g/mol. The predicted octanol–water partition coefficient (Wildman–Crippen LogP) is 2.92. The van der Waals surface area contributed by atoms with Crippen LogP contribution in [0.2, 0.25) is 0 Å².